The molecule has 4 heteroatoms. The standard InChI is InChI=1S/C15H19ClN2O/c1-3-7-18-8-6-12(11-18)10-17-13-4-5-14(16)15(9-13)19-2/h4-6,8-9,11,17H,3,7,10H2,1-2H3. The van der Waals surface area contributed by atoms with Crippen LogP contribution in [0.5, 0.6) is 5.75 Å². The molecule has 0 spiro atoms. The second kappa shape index (κ2) is 6.53. The number of halogens is 1. The zero-order valence-electron chi connectivity index (χ0n) is 11.3. The van der Waals surface area contributed by atoms with Crippen molar-refractivity contribution in [1.29, 1.82) is 0 Å². The molecular weight excluding hydrogens is 260 g/mol. The van der Waals surface area contributed by atoms with Crippen molar-refractivity contribution in [2.75, 3.05) is 12.4 Å². The average molecular weight is 279 g/mol. The van der Waals surface area contributed by atoms with Crippen molar-refractivity contribution in [3.05, 3.63) is 47.2 Å². The highest BCUT2D eigenvalue weighted by atomic mass is 35.5. The number of aromatic nitrogens is 1. The van der Waals surface area contributed by atoms with Gasteiger partial charge in [-0.2, -0.15) is 0 Å². The van der Waals surface area contributed by atoms with Gasteiger partial charge in [0.1, 0.15) is 5.75 Å². The van der Waals surface area contributed by atoms with Crippen molar-refractivity contribution in [2.45, 2.75) is 26.4 Å². The van der Waals surface area contributed by atoms with Gasteiger partial charge in [-0.05, 0) is 30.2 Å². The van der Waals surface area contributed by atoms with Crippen molar-refractivity contribution in [3.63, 3.8) is 0 Å². The van der Waals surface area contributed by atoms with E-state index < -0.39 is 0 Å². The van der Waals surface area contributed by atoms with Gasteiger partial charge in [-0.3, -0.25) is 0 Å². The number of ether oxygens (including phenoxy) is 1. The molecule has 0 aliphatic carbocycles. The molecule has 0 bridgehead atoms. The van der Waals surface area contributed by atoms with Crippen LogP contribution in [0, 0.1) is 0 Å². The van der Waals surface area contributed by atoms with Gasteiger partial charge in [-0.1, -0.05) is 18.5 Å². The summed E-state index contributed by atoms with van der Waals surface area (Å²) in [5, 5.41) is 3.99. The van der Waals surface area contributed by atoms with Crippen molar-refractivity contribution in [1.82, 2.24) is 4.57 Å². The van der Waals surface area contributed by atoms with Gasteiger partial charge in [0.25, 0.3) is 0 Å². The molecule has 0 aliphatic heterocycles. The lowest BCUT2D eigenvalue weighted by Crippen LogP contribution is -1.99. The topological polar surface area (TPSA) is 26.2 Å². The quantitative estimate of drug-likeness (QED) is 0.858. The summed E-state index contributed by atoms with van der Waals surface area (Å²) in [4.78, 5) is 0. The lowest BCUT2D eigenvalue weighted by Gasteiger charge is -2.08. The molecular formula is C15H19ClN2O. The molecule has 0 unspecified atom stereocenters. The first kappa shape index (κ1) is 13.8. The fraction of sp³-hybridized carbons (Fsp3) is 0.333. The summed E-state index contributed by atoms with van der Waals surface area (Å²) in [6, 6.07) is 7.83. The molecule has 0 fully saturated rings. The van der Waals surface area contributed by atoms with Crippen LogP contribution in [0.25, 0.3) is 0 Å². The fourth-order valence-corrected chi connectivity index (χ4v) is 2.16. The molecule has 1 aromatic heterocycles. The van der Waals surface area contributed by atoms with Gasteiger partial charge < -0.3 is 14.6 Å². The van der Waals surface area contributed by atoms with Crippen molar-refractivity contribution < 1.29 is 4.74 Å². The Labute approximate surface area is 119 Å². The molecule has 0 amide bonds. The van der Waals surface area contributed by atoms with Gasteiger partial charge in [-0.15, -0.1) is 0 Å². The van der Waals surface area contributed by atoms with Crippen LogP contribution in [-0.4, -0.2) is 11.7 Å². The minimum absolute atomic E-state index is 0.627. The zero-order valence-corrected chi connectivity index (χ0v) is 12.1. The Morgan fingerprint density at radius 2 is 2.16 bits per heavy atom. The van der Waals surface area contributed by atoms with Crippen LogP contribution in [-0.2, 0) is 13.1 Å². The minimum Gasteiger partial charge on any atom is -0.495 e. The molecule has 2 aromatic rings. The van der Waals surface area contributed by atoms with E-state index in [2.05, 4.69) is 35.3 Å². The number of nitrogens with zero attached hydrogens (tertiary/aromatic N) is 1. The monoisotopic (exact) mass is 278 g/mol. The van der Waals surface area contributed by atoms with E-state index in [0.717, 1.165) is 25.2 Å². The summed E-state index contributed by atoms with van der Waals surface area (Å²) in [6.45, 7) is 4.04. The largest absolute Gasteiger partial charge is 0.495 e. The third-order valence-corrected chi connectivity index (χ3v) is 3.25. The van der Waals surface area contributed by atoms with Crippen LogP contribution < -0.4 is 10.1 Å². The van der Waals surface area contributed by atoms with Gasteiger partial charge in [0, 0.05) is 37.2 Å². The van der Waals surface area contributed by atoms with Gasteiger partial charge in [-0.25, -0.2) is 0 Å². The highest BCUT2D eigenvalue weighted by Crippen LogP contribution is 2.27. The zero-order chi connectivity index (χ0) is 13.7. The molecule has 0 saturated heterocycles. The van der Waals surface area contributed by atoms with Gasteiger partial charge in [0.05, 0.1) is 12.1 Å². The van der Waals surface area contributed by atoms with E-state index in [0.29, 0.717) is 10.8 Å². The third kappa shape index (κ3) is 3.67. The summed E-state index contributed by atoms with van der Waals surface area (Å²) in [5.41, 5.74) is 2.27. The van der Waals surface area contributed by atoms with E-state index in [1.807, 2.05) is 18.2 Å². The molecule has 1 N–H and O–H groups in total. The van der Waals surface area contributed by atoms with E-state index in [4.69, 9.17) is 16.3 Å². The lowest BCUT2D eigenvalue weighted by molar-refractivity contribution is 0.415. The number of rotatable bonds is 6. The van der Waals surface area contributed by atoms with Crippen LogP contribution >= 0.6 is 11.6 Å². The Kier molecular flexibility index (Phi) is 4.74. The summed E-state index contributed by atoms with van der Waals surface area (Å²) >= 11 is 6.00. The fourth-order valence-electron chi connectivity index (χ4n) is 1.97. The van der Waals surface area contributed by atoms with Crippen LogP contribution in [0.15, 0.2) is 36.7 Å². The Balaban J connectivity index is 1.97. The molecule has 3 nitrogen and oxygen atoms in total. The maximum Gasteiger partial charge on any atom is 0.139 e. The molecule has 102 valence electrons. The summed E-state index contributed by atoms with van der Waals surface area (Å²) in [5.74, 6) is 0.690. The maximum absolute atomic E-state index is 6.00. The average Bonchev–Trinajstić information content (AvgIpc) is 2.86. The number of anilines is 1. The number of methoxy groups -OCH3 is 1. The SMILES string of the molecule is CCCn1ccc(CNc2ccc(Cl)c(OC)c2)c1. The van der Waals surface area contributed by atoms with Crippen LogP contribution in [0.4, 0.5) is 5.69 Å². The van der Waals surface area contributed by atoms with Crippen molar-refractivity contribution in [3.8, 4) is 5.75 Å². The van der Waals surface area contributed by atoms with E-state index in [9.17, 15) is 0 Å². The van der Waals surface area contributed by atoms with Crippen LogP contribution in [0.3, 0.4) is 0 Å². The first-order valence-electron chi connectivity index (χ1n) is 6.45. The molecule has 0 atom stereocenters. The van der Waals surface area contributed by atoms with E-state index in [-0.39, 0.29) is 0 Å². The number of hydrogen-bond acceptors (Lipinski definition) is 2. The molecule has 1 aromatic carbocycles. The smallest absolute Gasteiger partial charge is 0.139 e. The molecule has 0 radical (unpaired) electrons. The van der Waals surface area contributed by atoms with Crippen LogP contribution in [0.2, 0.25) is 5.02 Å². The van der Waals surface area contributed by atoms with E-state index in [1.54, 1.807) is 7.11 Å². The predicted molar refractivity (Wildman–Crippen MR) is 80.1 cm³/mol. The normalized spacial score (nSPS) is 10.5. The Bertz CT molecular complexity index is 537. The summed E-state index contributed by atoms with van der Waals surface area (Å²) < 4.78 is 7.41. The highest BCUT2D eigenvalue weighted by Gasteiger charge is 2.02. The Morgan fingerprint density at radius 1 is 1.32 bits per heavy atom. The predicted octanol–water partition coefficient (Wildman–Crippen LogP) is 4.17. The molecule has 0 saturated carbocycles. The number of benzene rings is 1. The number of aryl methyl sites for hydroxylation is 1. The van der Waals surface area contributed by atoms with Crippen molar-refractivity contribution >= 4 is 17.3 Å². The molecule has 2 rings (SSSR count). The van der Waals surface area contributed by atoms with Gasteiger partial charge in [0.15, 0.2) is 0 Å². The molecule has 0 aliphatic rings. The third-order valence-electron chi connectivity index (χ3n) is 2.94. The minimum atomic E-state index is 0.627. The number of hydrogen-bond donors (Lipinski definition) is 1. The summed E-state index contributed by atoms with van der Waals surface area (Å²) in [6.07, 6.45) is 5.43. The number of nitrogens with one attached hydrogen (secondary N) is 1. The highest BCUT2D eigenvalue weighted by molar-refractivity contribution is 6.32. The molecule has 19 heavy (non-hydrogen) atoms. The van der Waals surface area contributed by atoms with Crippen molar-refractivity contribution in [2.24, 2.45) is 0 Å². The Hall–Kier alpha value is -1.61. The van der Waals surface area contributed by atoms with Crippen LogP contribution in [0.1, 0.15) is 18.9 Å². The molecule has 1 heterocycles. The second-order valence-electron chi connectivity index (χ2n) is 4.46. The van der Waals surface area contributed by atoms with Gasteiger partial charge in [0.2, 0.25) is 0 Å². The van der Waals surface area contributed by atoms with E-state index >= 15 is 0 Å². The lowest BCUT2D eigenvalue weighted by atomic mass is 10.2. The maximum atomic E-state index is 6.00. The summed E-state index contributed by atoms with van der Waals surface area (Å²) in [7, 11) is 1.62. The first-order valence-corrected chi connectivity index (χ1v) is 6.82. The second-order valence-corrected chi connectivity index (χ2v) is 4.87. The van der Waals surface area contributed by atoms with Gasteiger partial charge >= 0.3 is 0 Å². The van der Waals surface area contributed by atoms with E-state index in [1.165, 1.54) is 5.56 Å². The Morgan fingerprint density at radius 3 is 2.89 bits per heavy atom. The first-order chi connectivity index (χ1) is 9.22.